The Morgan fingerprint density at radius 1 is 1.10 bits per heavy atom. The molecule has 0 aromatic carbocycles. The summed E-state index contributed by atoms with van der Waals surface area (Å²) in [6.45, 7) is 7.49. The van der Waals surface area contributed by atoms with Crippen molar-refractivity contribution >= 4 is 8.80 Å². The highest BCUT2D eigenvalue weighted by atomic mass is 28.4. The molecule has 0 spiro atoms. The van der Waals surface area contributed by atoms with Crippen LogP contribution in [0.3, 0.4) is 0 Å². The van der Waals surface area contributed by atoms with Crippen molar-refractivity contribution in [2.45, 2.75) is 58.0 Å². The van der Waals surface area contributed by atoms with Gasteiger partial charge in [0.25, 0.3) is 0 Å². The molecule has 0 aliphatic heterocycles. The molecule has 0 radical (unpaired) electrons. The van der Waals surface area contributed by atoms with Gasteiger partial charge in [0, 0.05) is 25.4 Å². The Morgan fingerprint density at radius 3 is 2.05 bits per heavy atom. The minimum Gasteiger partial charge on any atom is -0.374 e. The molecule has 122 valence electrons. The van der Waals surface area contributed by atoms with Crippen LogP contribution in [0, 0.1) is 0 Å². The van der Waals surface area contributed by atoms with E-state index in [9.17, 15) is 0 Å². The molecule has 8 heteroatoms. The van der Waals surface area contributed by atoms with Crippen LogP contribution in [-0.4, -0.2) is 40.5 Å². The quantitative estimate of drug-likeness (QED) is 0.296. The molecular formula is C12H32N4O3Si. The molecule has 0 aliphatic carbocycles. The van der Waals surface area contributed by atoms with Crippen LogP contribution < -0.4 is 22.9 Å². The van der Waals surface area contributed by atoms with Crippen molar-refractivity contribution in [3.05, 3.63) is 0 Å². The second-order valence-corrected chi connectivity index (χ2v) is 7.70. The lowest BCUT2D eigenvalue weighted by Crippen LogP contribution is -2.60. The highest BCUT2D eigenvalue weighted by Crippen LogP contribution is 2.22. The second-order valence-electron chi connectivity index (χ2n) is 5.02. The fourth-order valence-electron chi connectivity index (χ4n) is 1.89. The summed E-state index contributed by atoms with van der Waals surface area (Å²) >= 11 is 0. The smallest absolute Gasteiger partial charge is 0.374 e. The summed E-state index contributed by atoms with van der Waals surface area (Å²) < 4.78 is 17.7. The van der Waals surface area contributed by atoms with Gasteiger partial charge in [-0.3, -0.25) is 0 Å². The lowest BCUT2D eigenvalue weighted by molar-refractivity contribution is 0.0334. The first-order valence-electron chi connectivity index (χ1n) is 7.31. The molecule has 20 heavy (non-hydrogen) atoms. The lowest BCUT2D eigenvalue weighted by atomic mass is 10.2. The van der Waals surface area contributed by atoms with Crippen LogP contribution in [0.1, 0.15) is 40.0 Å². The van der Waals surface area contributed by atoms with Gasteiger partial charge in [-0.05, 0) is 46.6 Å². The molecule has 0 aromatic rings. The molecule has 0 fully saturated rings. The highest BCUT2D eigenvalue weighted by Gasteiger charge is 2.43. The van der Waals surface area contributed by atoms with Gasteiger partial charge in [0.05, 0.1) is 0 Å². The van der Waals surface area contributed by atoms with E-state index in [0.29, 0.717) is 32.2 Å². The SMILES string of the molecule is CCO[Si](CCC(N)(N)N)(OCC)OC(C)CCCN. The molecule has 0 amide bonds. The molecule has 0 rings (SSSR count). The fourth-order valence-corrected chi connectivity index (χ4v) is 4.87. The third kappa shape index (κ3) is 8.98. The third-order valence-electron chi connectivity index (χ3n) is 2.79. The Kier molecular flexibility index (Phi) is 9.77. The maximum atomic E-state index is 6.09. The first-order chi connectivity index (χ1) is 9.28. The Morgan fingerprint density at radius 2 is 1.65 bits per heavy atom. The molecule has 0 bridgehead atoms. The summed E-state index contributed by atoms with van der Waals surface area (Å²) in [7, 11) is -2.80. The topological polar surface area (TPSA) is 132 Å². The van der Waals surface area contributed by atoms with Crippen molar-refractivity contribution in [1.82, 2.24) is 0 Å². The molecule has 0 aromatic heterocycles. The molecule has 0 aliphatic rings. The molecule has 0 heterocycles. The van der Waals surface area contributed by atoms with Gasteiger partial charge >= 0.3 is 8.80 Å². The highest BCUT2D eigenvalue weighted by molar-refractivity contribution is 6.60. The van der Waals surface area contributed by atoms with Crippen LogP contribution in [0.15, 0.2) is 0 Å². The van der Waals surface area contributed by atoms with Crippen molar-refractivity contribution in [3.63, 3.8) is 0 Å². The summed E-state index contributed by atoms with van der Waals surface area (Å²) in [5.74, 6) is -1.24. The van der Waals surface area contributed by atoms with E-state index in [4.69, 9.17) is 36.2 Å². The first-order valence-corrected chi connectivity index (χ1v) is 9.24. The van der Waals surface area contributed by atoms with Gasteiger partial charge in [-0.15, -0.1) is 0 Å². The Labute approximate surface area is 123 Å². The fraction of sp³-hybridized carbons (Fsp3) is 1.00. The molecule has 0 saturated heterocycles. The van der Waals surface area contributed by atoms with Crippen LogP contribution in [0.25, 0.3) is 0 Å². The van der Waals surface area contributed by atoms with Gasteiger partial charge in [-0.25, -0.2) is 0 Å². The summed E-state index contributed by atoms with van der Waals surface area (Å²) in [5.41, 5.74) is 22.4. The second kappa shape index (κ2) is 9.80. The number of rotatable bonds is 12. The predicted molar refractivity (Wildman–Crippen MR) is 82.6 cm³/mol. The zero-order valence-corrected chi connectivity index (χ0v) is 14.1. The average molecular weight is 308 g/mol. The summed E-state index contributed by atoms with van der Waals surface area (Å²) in [5, 5.41) is 0. The van der Waals surface area contributed by atoms with Crippen molar-refractivity contribution in [2.75, 3.05) is 19.8 Å². The van der Waals surface area contributed by atoms with Crippen molar-refractivity contribution in [3.8, 4) is 0 Å². The lowest BCUT2D eigenvalue weighted by Gasteiger charge is -2.33. The number of hydrogen-bond donors (Lipinski definition) is 4. The van der Waals surface area contributed by atoms with Gasteiger partial charge < -0.3 is 36.2 Å². The van der Waals surface area contributed by atoms with Crippen LogP contribution in [0.5, 0.6) is 0 Å². The van der Waals surface area contributed by atoms with E-state index in [0.717, 1.165) is 12.8 Å². The molecular weight excluding hydrogens is 276 g/mol. The van der Waals surface area contributed by atoms with E-state index in [1.807, 2.05) is 20.8 Å². The van der Waals surface area contributed by atoms with Crippen LogP contribution >= 0.6 is 0 Å². The van der Waals surface area contributed by atoms with Crippen LogP contribution in [0.2, 0.25) is 6.04 Å². The van der Waals surface area contributed by atoms with E-state index in [1.165, 1.54) is 0 Å². The van der Waals surface area contributed by atoms with E-state index in [2.05, 4.69) is 0 Å². The minimum absolute atomic E-state index is 0.0195. The third-order valence-corrected chi connectivity index (χ3v) is 5.87. The predicted octanol–water partition coefficient (Wildman–Crippen LogP) is 0.0623. The van der Waals surface area contributed by atoms with Crippen LogP contribution in [-0.2, 0) is 13.3 Å². The molecule has 0 saturated carbocycles. The van der Waals surface area contributed by atoms with Gasteiger partial charge in [0.2, 0.25) is 0 Å². The maximum Gasteiger partial charge on any atom is 0.501 e. The maximum absolute atomic E-state index is 6.09. The normalized spacial score (nSPS) is 14.6. The molecule has 8 N–H and O–H groups in total. The van der Waals surface area contributed by atoms with Crippen molar-refractivity contribution in [1.29, 1.82) is 0 Å². The van der Waals surface area contributed by atoms with Crippen molar-refractivity contribution < 1.29 is 13.3 Å². The Bertz CT molecular complexity index is 245. The van der Waals surface area contributed by atoms with E-state index < -0.39 is 14.6 Å². The zero-order valence-electron chi connectivity index (χ0n) is 13.1. The summed E-state index contributed by atoms with van der Waals surface area (Å²) in [6.07, 6.45) is 2.16. The standard InChI is InChI=1S/C12H32N4O3Si/c1-4-17-20(18-5-2,10-8-12(14,15)16)19-11(3)7-6-9-13/h11H,4-10,13-16H2,1-3H3. The van der Waals surface area contributed by atoms with Crippen molar-refractivity contribution in [2.24, 2.45) is 22.9 Å². The molecule has 7 nitrogen and oxygen atoms in total. The number of nitrogens with two attached hydrogens (primary N) is 4. The van der Waals surface area contributed by atoms with Gasteiger partial charge in [0.1, 0.15) is 5.79 Å². The van der Waals surface area contributed by atoms with Gasteiger partial charge in [0.15, 0.2) is 0 Å². The van der Waals surface area contributed by atoms with E-state index in [1.54, 1.807) is 0 Å². The Hall–Kier alpha value is -0.0631. The summed E-state index contributed by atoms with van der Waals surface area (Å²) in [6, 6.07) is 0.505. The monoisotopic (exact) mass is 308 g/mol. The largest absolute Gasteiger partial charge is 0.501 e. The Balaban J connectivity index is 4.72. The first kappa shape index (κ1) is 19.9. The average Bonchev–Trinajstić information content (AvgIpc) is 2.34. The zero-order chi connectivity index (χ0) is 15.6. The van der Waals surface area contributed by atoms with E-state index >= 15 is 0 Å². The van der Waals surface area contributed by atoms with E-state index in [-0.39, 0.29) is 6.10 Å². The minimum atomic E-state index is -2.80. The number of hydrogen-bond acceptors (Lipinski definition) is 7. The summed E-state index contributed by atoms with van der Waals surface area (Å²) in [4.78, 5) is 0. The van der Waals surface area contributed by atoms with Crippen LogP contribution in [0.4, 0.5) is 0 Å². The molecule has 1 unspecified atom stereocenters. The van der Waals surface area contributed by atoms with Gasteiger partial charge in [-0.1, -0.05) is 0 Å². The van der Waals surface area contributed by atoms with Gasteiger partial charge in [-0.2, -0.15) is 0 Å². The molecule has 1 atom stereocenters.